The van der Waals surface area contributed by atoms with Gasteiger partial charge in [0.2, 0.25) is 0 Å². The van der Waals surface area contributed by atoms with Crippen LogP contribution in [0, 0.1) is 5.41 Å². The second kappa shape index (κ2) is 5.44. The molecule has 0 aliphatic rings. The molecule has 0 amide bonds. The molecule has 0 bridgehead atoms. The zero-order chi connectivity index (χ0) is 11.3. The summed E-state index contributed by atoms with van der Waals surface area (Å²) in [4.78, 5) is 14.6. The largest absolute Gasteiger partial charge is 0.478 e. The van der Waals surface area contributed by atoms with Crippen molar-refractivity contribution in [2.45, 2.75) is 0 Å². The van der Waals surface area contributed by atoms with Gasteiger partial charge in [-0.2, -0.15) is 0 Å². The van der Waals surface area contributed by atoms with E-state index in [-0.39, 0.29) is 5.57 Å². The normalized spacial score (nSPS) is 11.5. The van der Waals surface area contributed by atoms with Crippen molar-refractivity contribution in [3.63, 3.8) is 0 Å². The van der Waals surface area contributed by atoms with Crippen LogP contribution in [0.5, 0.6) is 0 Å². The minimum Gasteiger partial charge on any atom is -0.478 e. The molecule has 1 heterocycles. The van der Waals surface area contributed by atoms with Crippen molar-refractivity contribution in [3.8, 4) is 0 Å². The minimum absolute atomic E-state index is 0.0838. The summed E-state index contributed by atoms with van der Waals surface area (Å²) in [5, 5.41) is 18.6. The van der Waals surface area contributed by atoms with Gasteiger partial charge in [-0.3, -0.25) is 4.98 Å². The SMILES string of the molecule is N=C/C(C(=O)O)=C(/I)Nc1cccnc1. The maximum atomic E-state index is 10.7. The summed E-state index contributed by atoms with van der Waals surface area (Å²) in [7, 11) is 0. The molecule has 1 rings (SSSR count). The molecule has 1 aromatic rings. The first-order chi connectivity index (χ1) is 7.15. The fourth-order valence-corrected chi connectivity index (χ4v) is 1.55. The molecular formula is C9H8IN3O2. The first kappa shape index (κ1) is 11.6. The number of carbonyl (C=O) groups is 1. The van der Waals surface area contributed by atoms with Crippen LogP contribution in [0.4, 0.5) is 5.69 Å². The highest BCUT2D eigenvalue weighted by molar-refractivity contribution is 14.1. The second-order valence-electron chi connectivity index (χ2n) is 2.54. The molecule has 15 heavy (non-hydrogen) atoms. The van der Waals surface area contributed by atoms with Crippen LogP contribution in [0.2, 0.25) is 0 Å². The third-order valence-corrected chi connectivity index (χ3v) is 2.38. The third-order valence-electron chi connectivity index (χ3n) is 1.53. The Morgan fingerprint density at radius 2 is 2.40 bits per heavy atom. The maximum Gasteiger partial charge on any atom is 0.339 e. The summed E-state index contributed by atoms with van der Waals surface area (Å²) in [5.74, 6) is -1.13. The molecule has 0 saturated heterocycles. The summed E-state index contributed by atoms with van der Waals surface area (Å²) in [6.45, 7) is 0. The van der Waals surface area contributed by atoms with Gasteiger partial charge in [0.05, 0.1) is 15.6 Å². The van der Waals surface area contributed by atoms with Gasteiger partial charge in [0.15, 0.2) is 0 Å². The monoisotopic (exact) mass is 317 g/mol. The van der Waals surface area contributed by atoms with Crippen LogP contribution < -0.4 is 5.32 Å². The lowest BCUT2D eigenvalue weighted by Gasteiger charge is -2.05. The van der Waals surface area contributed by atoms with E-state index in [9.17, 15) is 4.79 Å². The van der Waals surface area contributed by atoms with Crippen LogP contribution >= 0.6 is 22.6 Å². The summed E-state index contributed by atoms with van der Waals surface area (Å²) in [6.07, 6.45) is 3.99. The zero-order valence-electron chi connectivity index (χ0n) is 7.57. The smallest absolute Gasteiger partial charge is 0.339 e. The predicted octanol–water partition coefficient (Wildman–Crippen LogP) is 1.87. The highest BCUT2D eigenvalue weighted by Crippen LogP contribution is 2.15. The molecule has 0 spiro atoms. The standard InChI is InChI=1S/C9H8IN3O2/c10-8(7(4-11)9(14)15)13-6-2-1-3-12-5-6/h1-5,11,13H,(H,14,15)/b8-7+,11-4?. The van der Waals surface area contributed by atoms with Crippen LogP contribution in [0.15, 0.2) is 33.8 Å². The Labute approximate surface area is 99.9 Å². The first-order valence-corrected chi connectivity index (χ1v) is 5.03. The number of anilines is 1. The van der Waals surface area contributed by atoms with E-state index in [4.69, 9.17) is 10.5 Å². The van der Waals surface area contributed by atoms with Crippen LogP contribution in [-0.4, -0.2) is 22.3 Å². The predicted molar refractivity (Wildman–Crippen MR) is 65.3 cm³/mol. The Morgan fingerprint density at radius 1 is 1.67 bits per heavy atom. The lowest BCUT2D eigenvalue weighted by molar-refractivity contribution is -0.132. The number of nitrogens with zero attached hydrogens (tertiary/aromatic N) is 1. The second-order valence-corrected chi connectivity index (χ2v) is 3.62. The number of carboxylic acids is 1. The molecule has 1 aromatic heterocycles. The van der Waals surface area contributed by atoms with E-state index in [0.29, 0.717) is 9.39 Å². The van der Waals surface area contributed by atoms with E-state index < -0.39 is 5.97 Å². The molecular weight excluding hydrogens is 309 g/mol. The van der Waals surface area contributed by atoms with Crippen molar-refractivity contribution in [3.05, 3.63) is 33.8 Å². The Balaban J connectivity index is 2.91. The molecule has 0 atom stereocenters. The highest BCUT2D eigenvalue weighted by Gasteiger charge is 2.09. The summed E-state index contributed by atoms with van der Waals surface area (Å²) in [6, 6.07) is 3.49. The number of nitrogens with one attached hydrogen (secondary N) is 2. The lowest BCUT2D eigenvalue weighted by atomic mass is 10.3. The van der Waals surface area contributed by atoms with Gasteiger partial charge in [-0.15, -0.1) is 0 Å². The Kier molecular flexibility index (Phi) is 4.22. The van der Waals surface area contributed by atoms with E-state index >= 15 is 0 Å². The van der Waals surface area contributed by atoms with E-state index in [1.165, 1.54) is 0 Å². The van der Waals surface area contributed by atoms with E-state index in [2.05, 4.69) is 10.3 Å². The molecule has 5 nitrogen and oxygen atoms in total. The van der Waals surface area contributed by atoms with Crippen molar-refractivity contribution in [2.75, 3.05) is 5.32 Å². The van der Waals surface area contributed by atoms with Crippen LogP contribution in [0.1, 0.15) is 0 Å². The minimum atomic E-state index is -1.13. The quantitative estimate of drug-likeness (QED) is 0.342. The Hall–Kier alpha value is -1.44. The Bertz CT molecular complexity index is 403. The molecule has 0 fully saturated rings. The third kappa shape index (κ3) is 3.31. The van der Waals surface area contributed by atoms with Crippen LogP contribution in [-0.2, 0) is 4.79 Å². The molecule has 0 saturated carbocycles. The summed E-state index contributed by atoms with van der Waals surface area (Å²) in [5.41, 5.74) is 0.599. The first-order valence-electron chi connectivity index (χ1n) is 3.95. The fraction of sp³-hybridized carbons (Fsp3) is 0. The molecule has 0 aliphatic heterocycles. The Morgan fingerprint density at radius 3 is 2.87 bits per heavy atom. The van der Waals surface area contributed by atoms with Gasteiger partial charge in [0.1, 0.15) is 5.57 Å². The molecule has 0 unspecified atom stereocenters. The number of aliphatic carboxylic acids is 1. The van der Waals surface area contributed by atoms with Gasteiger partial charge < -0.3 is 15.8 Å². The average Bonchev–Trinajstić information content (AvgIpc) is 2.19. The molecule has 0 aliphatic carbocycles. The van der Waals surface area contributed by atoms with Gasteiger partial charge in [-0.25, -0.2) is 4.79 Å². The van der Waals surface area contributed by atoms with Crippen LogP contribution in [0.25, 0.3) is 0 Å². The number of hydrogen-bond acceptors (Lipinski definition) is 4. The van der Waals surface area contributed by atoms with Crippen molar-refractivity contribution >= 4 is 40.5 Å². The number of halogens is 1. The molecule has 0 aromatic carbocycles. The van der Waals surface area contributed by atoms with Gasteiger partial charge in [0, 0.05) is 12.4 Å². The highest BCUT2D eigenvalue weighted by atomic mass is 127. The van der Waals surface area contributed by atoms with E-state index in [1.54, 1.807) is 24.5 Å². The topological polar surface area (TPSA) is 86.1 Å². The number of hydrogen-bond donors (Lipinski definition) is 3. The number of aromatic nitrogens is 1. The van der Waals surface area contributed by atoms with E-state index in [0.717, 1.165) is 6.21 Å². The number of rotatable bonds is 4. The van der Waals surface area contributed by atoms with Gasteiger partial charge in [-0.05, 0) is 34.7 Å². The molecule has 0 radical (unpaired) electrons. The molecule has 78 valence electrons. The van der Waals surface area contributed by atoms with Crippen molar-refractivity contribution in [1.29, 1.82) is 5.41 Å². The van der Waals surface area contributed by atoms with Crippen molar-refractivity contribution in [2.24, 2.45) is 0 Å². The molecule has 3 N–H and O–H groups in total. The fourth-order valence-electron chi connectivity index (χ4n) is 0.850. The van der Waals surface area contributed by atoms with Gasteiger partial charge in [-0.1, -0.05) is 0 Å². The average molecular weight is 317 g/mol. The van der Waals surface area contributed by atoms with Crippen molar-refractivity contribution in [1.82, 2.24) is 4.98 Å². The summed E-state index contributed by atoms with van der Waals surface area (Å²) >= 11 is 1.83. The number of pyridine rings is 1. The zero-order valence-corrected chi connectivity index (χ0v) is 9.72. The van der Waals surface area contributed by atoms with Crippen molar-refractivity contribution < 1.29 is 9.90 Å². The summed E-state index contributed by atoms with van der Waals surface area (Å²) < 4.78 is 0.378. The van der Waals surface area contributed by atoms with Gasteiger partial charge in [0.25, 0.3) is 0 Å². The molecule has 6 heteroatoms. The van der Waals surface area contributed by atoms with E-state index in [1.807, 2.05) is 22.6 Å². The van der Waals surface area contributed by atoms with Gasteiger partial charge >= 0.3 is 5.97 Å². The number of carboxylic acid groups (broad SMARTS) is 1. The van der Waals surface area contributed by atoms with Crippen LogP contribution in [0.3, 0.4) is 0 Å². The maximum absolute atomic E-state index is 10.7. The lowest BCUT2D eigenvalue weighted by Crippen LogP contribution is -2.07.